The molecular formula is C20H27N5OS. The number of tetrazole rings is 1. The average Bonchev–Trinajstić information content (AvgIpc) is 3.38. The molecule has 2 aliphatic carbocycles. The van der Waals surface area contributed by atoms with Crippen molar-refractivity contribution >= 4 is 17.7 Å². The molecule has 144 valence electrons. The van der Waals surface area contributed by atoms with Crippen molar-refractivity contribution < 1.29 is 4.79 Å². The smallest absolute Gasteiger partial charge is 0.230 e. The van der Waals surface area contributed by atoms with E-state index in [4.69, 9.17) is 0 Å². The zero-order valence-corrected chi connectivity index (χ0v) is 17.0. The zero-order valence-electron chi connectivity index (χ0n) is 16.2. The summed E-state index contributed by atoms with van der Waals surface area (Å²) in [5.74, 6) is 2.76. The summed E-state index contributed by atoms with van der Waals surface area (Å²) in [7, 11) is 0. The predicted molar refractivity (Wildman–Crippen MR) is 106 cm³/mol. The first kappa shape index (κ1) is 18.5. The van der Waals surface area contributed by atoms with Crippen LogP contribution in [0.4, 0.5) is 0 Å². The molecule has 4 unspecified atom stereocenters. The van der Waals surface area contributed by atoms with Crippen LogP contribution >= 0.6 is 11.8 Å². The van der Waals surface area contributed by atoms with Gasteiger partial charge >= 0.3 is 0 Å². The summed E-state index contributed by atoms with van der Waals surface area (Å²) in [6.07, 6.45) is 5.38. The third-order valence-corrected chi connectivity index (χ3v) is 7.25. The molecule has 0 spiro atoms. The van der Waals surface area contributed by atoms with Crippen LogP contribution in [0.25, 0.3) is 5.69 Å². The Balaban J connectivity index is 1.34. The Bertz CT molecular complexity index is 836. The fourth-order valence-electron chi connectivity index (χ4n) is 4.73. The molecule has 27 heavy (non-hydrogen) atoms. The summed E-state index contributed by atoms with van der Waals surface area (Å²) in [5, 5.41) is 15.8. The number of aryl methyl sites for hydroxylation is 2. The van der Waals surface area contributed by atoms with Gasteiger partial charge in [0.2, 0.25) is 11.1 Å². The fourth-order valence-corrected chi connectivity index (χ4v) is 5.43. The number of nitrogens with one attached hydrogen (secondary N) is 1. The molecule has 2 saturated carbocycles. The fraction of sp³-hybridized carbons (Fsp3) is 0.600. The second-order valence-electron chi connectivity index (χ2n) is 8.13. The Labute approximate surface area is 164 Å². The van der Waals surface area contributed by atoms with Gasteiger partial charge in [0, 0.05) is 6.04 Å². The van der Waals surface area contributed by atoms with Crippen LogP contribution in [-0.4, -0.2) is 37.9 Å². The summed E-state index contributed by atoms with van der Waals surface area (Å²) in [6, 6.07) is 6.38. The SMILES string of the molecule is Cc1ccc(-n2nnnc2SCC(=O)NC(C)C2CC3CCC2C3)cc1C. The van der Waals surface area contributed by atoms with E-state index in [9.17, 15) is 4.79 Å². The monoisotopic (exact) mass is 385 g/mol. The molecule has 4 rings (SSSR count). The normalized spacial score (nSPS) is 24.9. The minimum absolute atomic E-state index is 0.0601. The molecule has 1 aromatic heterocycles. The summed E-state index contributed by atoms with van der Waals surface area (Å²) < 4.78 is 1.70. The lowest BCUT2D eigenvalue weighted by Crippen LogP contribution is -2.40. The topological polar surface area (TPSA) is 72.7 Å². The van der Waals surface area contributed by atoms with Gasteiger partial charge in [-0.1, -0.05) is 24.2 Å². The van der Waals surface area contributed by atoms with Gasteiger partial charge in [-0.3, -0.25) is 4.79 Å². The molecular weight excluding hydrogens is 358 g/mol. The second-order valence-corrected chi connectivity index (χ2v) is 9.07. The number of benzene rings is 1. The third kappa shape index (κ3) is 3.88. The van der Waals surface area contributed by atoms with Crippen LogP contribution in [0.15, 0.2) is 23.4 Å². The quantitative estimate of drug-likeness (QED) is 0.773. The van der Waals surface area contributed by atoms with Crippen molar-refractivity contribution in [1.29, 1.82) is 0 Å². The standard InChI is InChI=1S/C20H27N5OS/c1-12-4-7-17(8-13(12)2)25-20(22-23-24-25)27-11-19(26)21-14(3)18-10-15-5-6-16(18)9-15/h4,7-8,14-16,18H,5-6,9-11H2,1-3H3,(H,21,26). The van der Waals surface area contributed by atoms with E-state index >= 15 is 0 Å². The van der Waals surface area contributed by atoms with Crippen LogP contribution in [0.1, 0.15) is 43.7 Å². The maximum Gasteiger partial charge on any atom is 0.230 e. The van der Waals surface area contributed by atoms with Gasteiger partial charge in [-0.25, -0.2) is 0 Å². The Hall–Kier alpha value is -1.89. The lowest BCUT2D eigenvalue weighted by molar-refractivity contribution is -0.119. The van der Waals surface area contributed by atoms with Crippen molar-refractivity contribution in [2.45, 2.75) is 57.7 Å². The number of thioether (sulfide) groups is 1. The van der Waals surface area contributed by atoms with E-state index in [1.54, 1.807) is 4.68 Å². The summed E-state index contributed by atoms with van der Waals surface area (Å²) in [4.78, 5) is 12.4. The van der Waals surface area contributed by atoms with Gasteiger partial charge in [0.15, 0.2) is 0 Å². The molecule has 2 bridgehead atoms. The molecule has 7 heteroatoms. The maximum absolute atomic E-state index is 12.4. The van der Waals surface area contributed by atoms with Crippen molar-refractivity contribution in [1.82, 2.24) is 25.5 Å². The van der Waals surface area contributed by atoms with E-state index in [0.717, 1.165) is 17.5 Å². The van der Waals surface area contributed by atoms with Crippen LogP contribution in [0.2, 0.25) is 0 Å². The minimum atomic E-state index is 0.0601. The molecule has 2 fully saturated rings. The summed E-state index contributed by atoms with van der Waals surface area (Å²) in [5.41, 5.74) is 3.34. The van der Waals surface area contributed by atoms with Gasteiger partial charge < -0.3 is 5.32 Å². The van der Waals surface area contributed by atoms with Crippen molar-refractivity contribution in [2.24, 2.45) is 17.8 Å². The van der Waals surface area contributed by atoms with Gasteiger partial charge in [-0.05, 0) is 91.5 Å². The number of hydrogen-bond donors (Lipinski definition) is 1. The minimum Gasteiger partial charge on any atom is -0.353 e. The molecule has 0 saturated heterocycles. The van der Waals surface area contributed by atoms with Crippen LogP contribution in [0, 0.1) is 31.6 Å². The molecule has 4 atom stereocenters. The lowest BCUT2D eigenvalue weighted by atomic mass is 9.84. The largest absolute Gasteiger partial charge is 0.353 e. The van der Waals surface area contributed by atoms with E-state index in [1.807, 2.05) is 6.07 Å². The highest BCUT2D eigenvalue weighted by Gasteiger charge is 2.42. The van der Waals surface area contributed by atoms with E-state index < -0.39 is 0 Å². The Morgan fingerprint density at radius 2 is 2.15 bits per heavy atom. The number of fused-ring (bicyclic) bond motifs is 2. The molecule has 1 amide bonds. The maximum atomic E-state index is 12.4. The Kier molecular flexibility index (Phi) is 5.21. The number of aromatic nitrogens is 4. The van der Waals surface area contributed by atoms with Gasteiger partial charge in [-0.2, -0.15) is 4.68 Å². The van der Waals surface area contributed by atoms with E-state index in [1.165, 1.54) is 48.6 Å². The first-order valence-corrected chi connectivity index (χ1v) is 10.8. The van der Waals surface area contributed by atoms with Crippen molar-refractivity contribution in [3.63, 3.8) is 0 Å². The Morgan fingerprint density at radius 3 is 2.85 bits per heavy atom. The highest BCUT2D eigenvalue weighted by atomic mass is 32.2. The number of carbonyl (C=O) groups excluding carboxylic acids is 1. The third-order valence-electron chi connectivity index (χ3n) is 6.33. The van der Waals surface area contributed by atoms with Crippen molar-refractivity contribution in [3.8, 4) is 5.69 Å². The van der Waals surface area contributed by atoms with Crippen LogP contribution in [0.3, 0.4) is 0 Å². The molecule has 2 aliphatic rings. The summed E-state index contributed by atoms with van der Waals surface area (Å²) >= 11 is 1.38. The van der Waals surface area contributed by atoms with E-state index in [-0.39, 0.29) is 11.9 Å². The van der Waals surface area contributed by atoms with Gasteiger partial charge in [0.25, 0.3) is 0 Å². The highest BCUT2D eigenvalue weighted by Crippen LogP contribution is 2.49. The summed E-state index contributed by atoms with van der Waals surface area (Å²) in [6.45, 7) is 6.31. The number of rotatable bonds is 6. The average molecular weight is 386 g/mol. The molecule has 0 radical (unpaired) electrons. The van der Waals surface area contributed by atoms with Gasteiger partial charge in [-0.15, -0.1) is 5.10 Å². The molecule has 1 N–H and O–H groups in total. The van der Waals surface area contributed by atoms with Crippen LogP contribution in [-0.2, 0) is 4.79 Å². The van der Waals surface area contributed by atoms with Crippen LogP contribution in [0.5, 0.6) is 0 Å². The number of amides is 1. The second kappa shape index (κ2) is 7.62. The first-order chi connectivity index (χ1) is 13.0. The number of hydrogen-bond acceptors (Lipinski definition) is 5. The molecule has 1 aromatic carbocycles. The number of carbonyl (C=O) groups is 1. The highest BCUT2D eigenvalue weighted by molar-refractivity contribution is 7.99. The molecule has 2 aromatic rings. The first-order valence-electron chi connectivity index (χ1n) is 9.79. The van der Waals surface area contributed by atoms with E-state index in [2.05, 4.69) is 53.7 Å². The van der Waals surface area contributed by atoms with Crippen LogP contribution < -0.4 is 5.32 Å². The molecule has 1 heterocycles. The van der Waals surface area contributed by atoms with Gasteiger partial charge in [0.1, 0.15) is 0 Å². The zero-order chi connectivity index (χ0) is 19.0. The predicted octanol–water partition coefficient (Wildman–Crippen LogP) is 3.31. The molecule has 6 nitrogen and oxygen atoms in total. The van der Waals surface area contributed by atoms with E-state index in [0.29, 0.717) is 16.8 Å². The Morgan fingerprint density at radius 1 is 1.30 bits per heavy atom. The van der Waals surface area contributed by atoms with Crippen molar-refractivity contribution in [2.75, 3.05) is 5.75 Å². The lowest BCUT2D eigenvalue weighted by Gasteiger charge is -2.28. The van der Waals surface area contributed by atoms with Gasteiger partial charge in [0.05, 0.1) is 11.4 Å². The van der Waals surface area contributed by atoms with Crippen molar-refractivity contribution in [3.05, 3.63) is 29.3 Å². The molecule has 0 aliphatic heterocycles. The number of nitrogens with zero attached hydrogens (tertiary/aromatic N) is 4.